The van der Waals surface area contributed by atoms with E-state index in [2.05, 4.69) is 10.6 Å². The highest BCUT2D eigenvalue weighted by Gasteiger charge is 2.51. The van der Waals surface area contributed by atoms with E-state index < -0.39 is 74.1 Å². The zero-order valence-corrected chi connectivity index (χ0v) is 18.9. The van der Waals surface area contributed by atoms with Crippen molar-refractivity contribution in [3.8, 4) is 0 Å². The molecule has 0 aromatic carbocycles. The summed E-state index contributed by atoms with van der Waals surface area (Å²) in [7, 11) is 3.10. The average Bonchev–Trinajstić information content (AvgIpc) is 2.80. The molecule has 0 aromatic heterocycles. The van der Waals surface area contributed by atoms with Gasteiger partial charge in [-0.25, -0.2) is 4.79 Å². The fourth-order valence-corrected chi connectivity index (χ4v) is 3.42. The first-order valence-corrected chi connectivity index (χ1v) is 10.8. The van der Waals surface area contributed by atoms with Crippen LogP contribution in [0.2, 0.25) is 0 Å². The van der Waals surface area contributed by atoms with Gasteiger partial charge in [0.1, 0.15) is 36.6 Å². The molecule has 1 unspecified atom stereocenters. The van der Waals surface area contributed by atoms with Crippen molar-refractivity contribution in [3.05, 3.63) is 0 Å². The van der Waals surface area contributed by atoms with Crippen LogP contribution in [0.1, 0.15) is 6.92 Å². The second-order valence-electron chi connectivity index (χ2n) is 7.70. The molecule has 0 spiro atoms. The molecule has 14 heteroatoms. The van der Waals surface area contributed by atoms with Gasteiger partial charge in [-0.1, -0.05) is 0 Å². The van der Waals surface area contributed by atoms with Gasteiger partial charge >= 0.3 is 6.09 Å². The lowest BCUT2D eigenvalue weighted by atomic mass is 9.97. The Bertz CT molecular complexity index is 587. The molecule has 2 saturated heterocycles. The summed E-state index contributed by atoms with van der Waals surface area (Å²) >= 11 is 0. The van der Waals surface area contributed by atoms with Crippen LogP contribution in [0.5, 0.6) is 0 Å². The number of aliphatic hydroxyl groups is 5. The molecular weight excluding hydrogens is 448 g/mol. The third-order valence-electron chi connectivity index (χ3n) is 5.35. The standard InChI is InChI=1S/C19H36N2O12/c1-9-11(23)15(33-19(27)21-3)14(26)17(30-9)32-16-13(25)12(24)10(8-22)31-18(16)29-7-6-28-5-4-20-2/h9-18,20,22-26H,4-8H2,1-3H3,(H,21,27)/t9-,10+,11-,12-,13+,14+,15-,16+,17-,18?/m1/s1. The van der Waals surface area contributed by atoms with Crippen molar-refractivity contribution >= 4 is 6.09 Å². The summed E-state index contributed by atoms with van der Waals surface area (Å²) in [5, 5.41) is 56.3. The van der Waals surface area contributed by atoms with Gasteiger partial charge < -0.3 is 64.6 Å². The molecule has 1 amide bonds. The number of carbonyl (C=O) groups is 1. The predicted molar refractivity (Wildman–Crippen MR) is 109 cm³/mol. The van der Waals surface area contributed by atoms with Crippen molar-refractivity contribution in [2.75, 3.05) is 47.1 Å². The maximum absolute atomic E-state index is 11.6. The van der Waals surface area contributed by atoms with Crippen LogP contribution in [0.3, 0.4) is 0 Å². The Morgan fingerprint density at radius 1 is 0.909 bits per heavy atom. The van der Waals surface area contributed by atoms with Crippen LogP contribution in [0.4, 0.5) is 4.79 Å². The molecule has 0 aliphatic carbocycles. The van der Waals surface area contributed by atoms with Crippen LogP contribution in [-0.2, 0) is 28.4 Å². The molecule has 33 heavy (non-hydrogen) atoms. The van der Waals surface area contributed by atoms with E-state index in [1.165, 1.54) is 14.0 Å². The Morgan fingerprint density at radius 2 is 1.64 bits per heavy atom. The largest absolute Gasteiger partial charge is 0.440 e. The van der Waals surface area contributed by atoms with E-state index in [-0.39, 0.29) is 13.2 Å². The third-order valence-corrected chi connectivity index (χ3v) is 5.35. The first-order chi connectivity index (χ1) is 15.7. The van der Waals surface area contributed by atoms with Gasteiger partial charge in [-0.2, -0.15) is 0 Å². The number of nitrogens with one attached hydrogen (secondary N) is 2. The molecule has 2 rings (SSSR count). The van der Waals surface area contributed by atoms with Crippen LogP contribution in [-0.4, -0.2) is 140 Å². The van der Waals surface area contributed by atoms with Gasteiger partial charge in [-0.3, -0.25) is 0 Å². The number of aliphatic hydroxyl groups excluding tert-OH is 5. The van der Waals surface area contributed by atoms with Crippen LogP contribution in [0.15, 0.2) is 0 Å². The average molecular weight is 484 g/mol. The zero-order chi connectivity index (χ0) is 24.5. The fourth-order valence-electron chi connectivity index (χ4n) is 3.42. The number of likely N-dealkylation sites (N-methyl/N-ethyl adjacent to an activating group) is 1. The van der Waals surface area contributed by atoms with E-state index in [1.54, 1.807) is 7.05 Å². The van der Waals surface area contributed by atoms with Gasteiger partial charge in [-0.05, 0) is 14.0 Å². The second kappa shape index (κ2) is 13.7. The van der Waals surface area contributed by atoms with Crippen LogP contribution < -0.4 is 10.6 Å². The molecule has 2 fully saturated rings. The van der Waals surface area contributed by atoms with Gasteiger partial charge in [0.25, 0.3) is 0 Å². The molecule has 7 N–H and O–H groups in total. The van der Waals surface area contributed by atoms with Crippen molar-refractivity contribution in [1.29, 1.82) is 0 Å². The lowest BCUT2D eigenvalue weighted by Crippen LogP contribution is -2.64. The Morgan fingerprint density at radius 3 is 2.27 bits per heavy atom. The summed E-state index contributed by atoms with van der Waals surface area (Å²) in [6.45, 7) is 2.22. The molecule has 0 radical (unpaired) electrons. The molecule has 10 atom stereocenters. The van der Waals surface area contributed by atoms with E-state index in [0.29, 0.717) is 13.2 Å². The highest BCUT2D eigenvalue weighted by atomic mass is 16.8. The topological polar surface area (TPSA) is 198 Å². The molecule has 14 nitrogen and oxygen atoms in total. The van der Waals surface area contributed by atoms with Crippen molar-refractivity contribution < 1.29 is 58.7 Å². The zero-order valence-electron chi connectivity index (χ0n) is 18.9. The number of amides is 1. The summed E-state index contributed by atoms with van der Waals surface area (Å²) in [5.41, 5.74) is 0. The number of rotatable bonds is 11. The highest BCUT2D eigenvalue weighted by Crippen LogP contribution is 2.30. The quantitative estimate of drug-likeness (QED) is 0.141. The van der Waals surface area contributed by atoms with Crippen LogP contribution in [0, 0.1) is 0 Å². The number of ether oxygens (including phenoxy) is 6. The van der Waals surface area contributed by atoms with E-state index in [0.717, 1.165) is 0 Å². The van der Waals surface area contributed by atoms with E-state index in [1.807, 2.05) is 0 Å². The van der Waals surface area contributed by atoms with Crippen molar-refractivity contribution in [2.45, 2.75) is 68.3 Å². The van der Waals surface area contributed by atoms with Crippen LogP contribution >= 0.6 is 0 Å². The Kier molecular flexibility index (Phi) is 11.6. The molecule has 2 heterocycles. The van der Waals surface area contributed by atoms with E-state index >= 15 is 0 Å². The van der Waals surface area contributed by atoms with Crippen molar-refractivity contribution in [3.63, 3.8) is 0 Å². The minimum Gasteiger partial charge on any atom is -0.440 e. The number of alkyl carbamates (subject to hydrolysis) is 1. The van der Waals surface area contributed by atoms with E-state index in [4.69, 9.17) is 28.4 Å². The summed E-state index contributed by atoms with van der Waals surface area (Å²) in [6, 6.07) is 0. The molecule has 2 aliphatic rings. The van der Waals surface area contributed by atoms with Crippen molar-refractivity contribution in [1.82, 2.24) is 10.6 Å². The summed E-state index contributed by atoms with van der Waals surface area (Å²) < 4.78 is 32.7. The van der Waals surface area contributed by atoms with Gasteiger partial charge in [-0.15, -0.1) is 0 Å². The molecule has 0 aromatic rings. The van der Waals surface area contributed by atoms with Crippen LogP contribution in [0.25, 0.3) is 0 Å². The third kappa shape index (κ3) is 7.40. The normalized spacial score (nSPS) is 39.3. The maximum Gasteiger partial charge on any atom is 0.407 e. The molecule has 0 saturated carbocycles. The fraction of sp³-hybridized carbons (Fsp3) is 0.947. The lowest BCUT2D eigenvalue weighted by Gasteiger charge is -2.46. The second-order valence-corrected chi connectivity index (χ2v) is 7.70. The number of hydrogen-bond acceptors (Lipinski definition) is 13. The highest BCUT2D eigenvalue weighted by molar-refractivity contribution is 5.67. The Balaban J connectivity index is 2.09. The maximum atomic E-state index is 11.6. The SMILES string of the molecule is CNCCOCCOC1O[C@@H](CO)[C@@H](O)[C@H](O)[C@@H]1O[C@H]1O[C@H](C)[C@@H](O)[C@@H](OC(=O)NC)[C@@H]1O. The monoisotopic (exact) mass is 484 g/mol. The summed E-state index contributed by atoms with van der Waals surface area (Å²) in [4.78, 5) is 11.6. The van der Waals surface area contributed by atoms with E-state index in [9.17, 15) is 30.3 Å². The molecular formula is C19H36N2O12. The molecule has 194 valence electrons. The minimum atomic E-state index is -1.64. The van der Waals surface area contributed by atoms with Crippen molar-refractivity contribution in [2.24, 2.45) is 0 Å². The lowest BCUT2D eigenvalue weighted by molar-refractivity contribution is -0.364. The van der Waals surface area contributed by atoms with Gasteiger partial charge in [0.05, 0.1) is 32.5 Å². The Hall–Kier alpha value is -1.17. The Labute approximate surface area is 191 Å². The number of carbonyl (C=O) groups excluding carboxylic acids is 1. The first-order valence-electron chi connectivity index (χ1n) is 10.8. The molecule has 0 bridgehead atoms. The first kappa shape index (κ1) is 28.1. The summed E-state index contributed by atoms with van der Waals surface area (Å²) in [5.74, 6) is 0. The van der Waals surface area contributed by atoms with Gasteiger partial charge in [0, 0.05) is 13.6 Å². The van der Waals surface area contributed by atoms with Gasteiger partial charge in [0.2, 0.25) is 0 Å². The molecule has 2 aliphatic heterocycles. The van der Waals surface area contributed by atoms with Gasteiger partial charge in [0.15, 0.2) is 18.7 Å². The number of hydrogen-bond donors (Lipinski definition) is 7. The predicted octanol–water partition coefficient (Wildman–Crippen LogP) is -3.75. The summed E-state index contributed by atoms with van der Waals surface area (Å²) in [6.07, 6.45) is -14.5. The smallest absolute Gasteiger partial charge is 0.407 e. The minimum absolute atomic E-state index is 0.0425.